The lowest BCUT2D eigenvalue weighted by Crippen LogP contribution is -2.16. The maximum atomic E-state index is 11.3. The topological polar surface area (TPSA) is 113 Å². The fourth-order valence-corrected chi connectivity index (χ4v) is 2.55. The van der Waals surface area contributed by atoms with Crippen LogP contribution in [0.5, 0.6) is 5.75 Å². The van der Waals surface area contributed by atoms with E-state index in [4.69, 9.17) is 9.84 Å². The normalized spacial score (nSPS) is 15.1. The van der Waals surface area contributed by atoms with E-state index >= 15 is 0 Å². The van der Waals surface area contributed by atoms with Gasteiger partial charge in [-0.25, -0.2) is 9.97 Å². The minimum atomic E-state index is -0.607. The van der Waals surface area contributed by atoms with Crippen molar-refractivity contribution in [2.45, 2.75) is 25.4 Å². The number of aliphatic hydroxyl groups excluding tert-OH is 1. The van der Waals surface area contributed by atoms with E-state index in [1.807, 2.05) is 18.2 Å². The number of hydrogen-bond donors (Lipinski definition) is 3. The molecule has 0 radical (unpaired) electrons. The van der Waals surface area contributed by atoms with Crippen LogP contribution in [0, 0.1) is 0 Å². The van der Waals surface area contributed by atoms with Gasteiger partial charge in [0.2, 0.25) is 0 Å². The van der Waals surface area contributed by atoms with Gasteiger partial charge in [-0.1, -0.05) is 0 Å². The molecule has 3 aromatic rings. The van der Waals surface area contributed by atoms with Gasteiger partial charge in [0.1, 0.15) is 35.8 Å². The number of ether oxygens (including phenoxy) is 1. The molecule has 8 heteroatoms. The van der Waals surface area contributed by atoms with Crippen LogP contribution in [0.2, 0.25) is 0 Å². The lowest BCUT2D eigenvalue weighted by molar-refractivity contribution is -0.118. The quantitative estimate of drug-likeness (QED) is 0.654. The summed E-state index contributed by atoms with van der Waals surface area (Å²) in [5, 5.41) is 19.5. The number of aliphatic hydroxyl groups is 1. The Kier molecular flexibility index (Phi) is 3.61. The van der Waals surface area contributed by atoms with Gasteiger partial charge in [-0.15, -0.1) is 0 Å². The number of H-pyrrole nitrogens is 1. The van der Waals surface area contributed by atoms with E-state index < -0.39 is 12.5 Å². The average molecular weight is 339 g/mol. The lowest BCUT2D eigenvalue weighted by atomic mass is 10.1. The fourth-order valence-electron chi connectivity index (χ4n) is 2.55. The minimum absolute atomic E-state index is 0.0613. The number of carbonyl (C=O) groups excluding carboxylic acids is 1. The zero-order valence-electron chi connectivity index (χ0n) is 13.6. The third kappa shape index (κ3) is 3.16. The molecule has 3 N–H and O–H groups in total. The van der Waals surface area contributed by atoms with Crippen molar-refractivity contribution < 1.29 is 14.6 Å². The van der Waals surface area contributed by atoms with Crippen LogP contribution in [-0.4, -0.2) is 43.4 Å². The van der Waals surface area contributed by atoms with E-state index in [2.05, 4.69) is 32.4 Å². The zero-order chi connectivity index (χ0) is 17.4. The van der Waals surface area contributed by atoms with Crippen LogP contribution in [0.15, 0.2) is 30.6 Å². The van der Waals surface area contributed by atoms with Crippen LogP contribution in [0.3, 0.4) is 0 Å². The highest BCUT2D eigenvalue weighted by Crippen LogP contribution is 2.40. The summed E-state index contributed by atoms with van der Waals surface area (Å²) >= 11 is 0. The molecule has 0 atom stereocenters. The van der Waals surface area contributed by atoms with Crippen molar-refractivity contribution >= 4 is 22.6 Å². The van der Waals surface area contributed by atoms with Gasteiger partial charge in [-0.3, -0.25) is 9.89 Å². The van der Waals surface area contributed by atoms with E-state index in [9.17, 15) is 4.79 Å². The second kappa shape index (κ2) is 5.82. The molecule has 0 spiro atoms. The Morgan fingerprint density at radius 3 is 2.96 bits per heavy atom. The van der Waals surface area contributed by atoms with Crippen LogP contribution in [0.25, 0.3) is 22.3 Å². The highest BCUT2D eigenvalue weighted by molar-refractivity contribution is 5.94. The molecule has 25 heavy (non-hydrogen) atoms. The number of anilines is 1. The lowest BCUT2D eigenvalue weighted by Gasteiger charge is -2.12. The number of nitrogens with zero attached hydrogens (tertiary/aromatic N) is 3. The molecule has 0 unspecified atom stereocenters. The summed E-state index contributed by atoms with van der Waals surface area (Å²) in [4.78, 5) is 19.5. The summed E-state index contributed by atoms with van der Waals surface area (Å²) in [6.07, 6.45) is 3.46. The van der Waals surface area contributed by atoms with E-state index in [0.717, 1.165) is 29.5 Å². The molecule has 1 aromatic carbocycles. The van der Waals surface area contributed by atoms with Crippen LogP contribution in [0.1, 0.15) is 19.8 Å². The largest absolute Gasteiger partial charge is 0.488 e. The Hall–Kier alpha value is -3.00. The van der Waals surface area contributed by atoms with Gasteiger partial charge >= 0.3 is 0 Å². The minimum Gasteiger partial charge on any atom is -0.488 e. The van der Waals surface area contributed by atoms with E-state index in [0.29, 0.717) is 17.2 Å². The van der Waals surface area contributed by atoms with Crippen molar-refractivity contribution in [2.24, 2.45) is 0 Å². The number of hydrogen-bond acceptors (Lipinski definition) is 6. The standard InChI is InChI=1S/C17H17N5O3/c1-17(4-5-17)25-10-2-3-12-11(6-10)16(22-21-12)13-7-14(19-9-18-13)20-15(24)8-23/h2-3,6-7,9,23H,4-5,8H2,1H3,(H,21,22)(H,18,19,20,24). The number of rotatable bonds is 5. The fraction of sp³-hybridized carbons (Fsp3) is 0.294. The second-order valence-electron chi connectivity index (χ2n) is 6.33. The van der Waals surface area contributed by atoms with Crippen molar-refractivity contribution in [1.29, 1.82) is 0 Å². The van der Waals surface area contributed by atoms with E-state index in [1.54, 1.807) is 6.07 Å². The van der Waals surface area contributed by atoms with Crippen molar-refractivity contribution in [2.75, 3.05) is 11.9 Å². The number of benzene rings is 1. The molecule has 1 aliphatic rings. The van der Waals surface area contributed by atoms with Crippen molar-refractivity contribution in [1.82, 2.24) is 20.2 Å². The zero-order valence-corrected chi connectivity index (χ0v) is 13.6. The molecule has 2 aromatic heterocycles. The summed E-state index contributed by atoms with van der Waals surface area (Å²) < 4.78 is 6.01. The molecule has 1 amide bonds. The smallest absolute Gasteiger partial charge is 0.251 e. The van der Waals surface area contributed by atoms with E-state index in [1.165, 1.54) is 6.33 Å². The molecule has 1 fully saturated rings. The molecule has 0 bridgehead atoms. The van der Waals surface area contributed by atoms with Crippen LogP contribution in [-0.2, 0) is 4.79 Å². The van der Waals surface area contributed by atoms with E-state index in [-0.39, 0.29) is 5.60 Å². The third-order valence-corrected chi connectivity index (χ3v) is 4.17. The number of aromatic amines is 1. The Morgan fingerprint density at radius 1 is 1.36 bits per heavy atom. The number of carbonyl (C=O) groups is 1. The maximum Gasteiger partial charge on any atom is 0.251 e. The van der Waals surface area contributed by atoms with Gasteiger partial charge in [-0.05, 0) is 38.0 Å². The first-order valence-corrected chi connectivity index (χ1v) is 7.97. The maximum absolute atomic E-state index is 11.3. The Labute approximate surface area is 143 Å². The summed E-state index contributed by atoms with van der Waals surface area (Å²) in [6, 6.07) is 7.38. The van der Waals surface area contributed by atoms with Crippen molar-refractivity contribution in [3.05, 3.63) is 30.6 Å². The predicted molar refractivity (Wildman–Crippen MR) is 91.1 cm³/mol. The number of aromatic nitrogens is 4. The molecular formula is C17H17N5O3. The highest BCUT2D eigenvalue weighted by atomic mass is 16.5. The van der Waals surface area contributed by atoms with Crippen molar-refractivity contribution in [3.8, 4) is 17.1 Å². The average Bonchev–Trinajstić information content (AvgIpc) is 3.18. The predicted octanol–water partition coefficient (Wildman–Crippen LogP) is 1.88. The summed E-state index contributed by atoms with van der Waals surface area (Å²) in [7, 11) is 0. The first kappa shape index (κ1) is 15.5. The van der Waals surface area contributed by atoms with Gasteiger partial charge in [0, 0.05) is 11.5 Å². The molecule has 1 aliphatic carbocycles. The van der Waals surface area contributed by atoms with Gasteiger partial charge in [0.25, 0.3) is 5.91 Å². The highest BCUT2D eigenvalue weighted by Gasteiger charge is 2.40. The first-order chi connectivity index (χ1) is 12.1. The first-order valence-electron chi connectivity index (χ1n) is 7.97. The van der Waals surface area contributed by atoms with Crippen molar-refractivity contribution in [3.63, 3.8) is 0 Å². The number of fused-ring (bicyclic) bond motifs is 1. The SMILES string of the molecule is CC1(Oc2ccc3[nH]nc(-c4cc(NC(=O)CO)ncn4)c3c2)CC1. The van der Waals surface area contributed by atoms with Gasteiger partial charge in [-0.2, -0.15) is 5.10 Å². The Balaban J connectivity index is 1.69. The Morgan fingerprint density at radius 2 is 2.20 bits per heavy atom. The summed E-state index contributed by atoms with van der Waals surface area (Å²) in [5.41, 5.74) is 2.00. The monoisotopic (exact) mass is 339 g/mol. The summed E-state index contributed by atoms with van der Waals surface area (Å²) in [6.45, 7) is 1.48. The number of amides is 1. The molecule has 0 saturated heterocycles. The number of nitrogens with one attached hydrogen (secondary N) is 2. The molecule has 4 rings (SSSR count). The molecular weight excluding hydrogens is 322 g/mol. The van der Waals surface area contributed by atoms with Gasteiger partial charge in [0.05, 0.1) is 11.2 Å². The molecule has 0 aliphatic heterocycles. The van der Waals surface area contributed by atoms with Gasteiger partial charge in [0.15, 0.2) is 0 Å². The van der Waals surface area contributed by atoms with Gasteiger partial charge < -0.3 is 15.2 Å². The molecule has 2 heterocycles. The molecule has 128 valence electrons. The Bertz CT molecular complexity index is 948. The molecule has 1 saturated carbocycles. The molecule has 8 nitrogen and oxygen atoms in total. The van der Waals surface area contributed by atoms with Crippen LogP contribution < -0.4 is 10.1 Å². The third-order valence-electron chi connectivity index (χ3n) is 4.17. The summed E-state index contributed by atoms with van der Waals surface area (Å²) in [5.74, 6) is 0.556. The van der Waals surface area contributed by atoms with Crippen LogP contribution >= 0.6 is 0 Å². The van der Waals surface area contributed by atoms with Crippen LogP contribution in [0.4, 0.5) is 5.82 Å². The second-order valence-corrected chi connectivity index (χ2v) is 6.33.